The average Bonchev–Trinajstić information content (AvgIpc) is 2.45. The van der Waals surface area contributed by atoms with E-state index >= 15 is 0 Å². The van der Waals surface area contributed by atoms with E-state index in [0.717, 1.165) is 24.4 Å². The lowest BCUT2D eigenvalue weighted by Gasteiger charge is -2.18. The number of benzene rings is 1. The lowest BCUT2D eigenvalue weighted by Crippen LogP contribution is -2.25. The van der Waals surface area contributed by atoms with E-state index in [1.807, 2.05) is 19.3 Å². The third-order valence-corrected chi connectivity index (χ3v) is 3.52. The van der Waals surface area contributed by atoms with Crippen LogP contribution in [-0.2, 0) is 0 Å². The highest BCUT2D eigenvalue weighted by Gasteiger charge is 2.16. The van der Waals surface area contributed by atoms with Crippen molar-refractivity contribution in [2.24, 2.45) is 0 Å². The summed E-state index contributed by atoms with van der Waals surface area (Å²) in [5, 5.41) is 3.54. The molecule has 0 aliphatic rings. The van der Waals surface area contributed by atoms with Crippen molar-refractivity contribution in [3.63, 3.8) is 0 Å². The fourth-order valence-corrected chi connectivity index (χ4v) is 2.14. The van der Waals surface area contributed by atoms with E-state index in [9.17, 15) is 0 Å². The van der Waals surface area contributed by atoms with Gasteiger partial charge in [0.2, 0.25) is 0 Å². The summed E-state index contributed by atoms with van der Waals surface area (Å²) < 4.78 is 0. The predicted molar refractivity (Wildman–Crippen MR) is 82.8 cm³/mol. The van der Waals surface area contributed by atoms with E-state index in [-0.39, 0.29) is 6.04 Å². The normalized spacial score (nSPS) is 12.4. The molecule has 20 heavy (non-hydrogen) atoms. The maximum Gasteiger partial charge on any atom is 0.149 e. The highest BCUT2D eigenvalue weighted by Crippen LogP contribution is 2.21. The zero-order valence-corrected chi connectivity index (χ0v) is 12.8. The summed E-state index contributed by atoms with van der Waals surface area (Å²) in [5.74, 6) is 0.840. The highest BCUT2D eigenvalue weighted by atomic mass is 15.0. The summed E-state index contributed by atoms with van der Waals surface area (Å²) in [4.78, 5) is 8.97. The third kappa shape index (κ3) is 3.42. The van der Waals surface area contributed by atoms with Gasteiger partial charge in [0.05, 0.1) is 6.04 Å². The van der Waals surface area contributed by atoms with Crippen molar-refractivity contribution < 1.29 is 0 Å². The molecule has 1 aromatic heterocycles. The van der Waals surface area contributed by atoms with Gasteiger partial charge in [0, 0.05) is 12.4 Å². The number of hydrogen-bond donors (Lipinski definition) is 1. The van der Waals surface area contributed by atoms with Gasteiger partial charge < -0.3 is 5.32 Å². The molecule has 0 spiro atoms. The molecule has 2 rings (SSSR count). The van der Waals surface area contributed by atoms with Crippen molar-refractivity contribution in [3.05, 3.63) is 58.7 Å². The molecule has 0 saturated carbocycles. The van der Waals surface area contributed by atoms with Crippen LogP contribution in [0, 0.1) is 20.8 Å². The summed E-state index contributed by atoms with van der Waals surface area (Å²) in [7, 11) is 0. The Morgan fingerprint density at radius 2 is 1.75 bits per heavy atom. The van der Waals surface area contributed by atoms with Crippen molar-refractivity contribution in [2.45, 2.75) is 40.2 Å². The average molecular weight is 269 g/mol. The van der Waals surface area contributed by atoms with Gasteiger partial charge in [0.15, 0.2) is 0 Å². The molecule has 1 N–H and O–H groups in total. The van der Waals surface area contributed by atoms with Crippen LogP contribution in [0.5, 0.6) is 0 Å². The van der Waals surface area contributed by atoms with Gasteiger partial charge >= 0.3 is 0 Å². The Balaban J connectivity index is 2.35. The second-order valence-electron chi connectivity index (χ2n) is 5.35. The molecule has 2 aromatic rings. The molecule has 0 radical (unpaired) electrons. The number of rotatable bonds is 5. The molecule has 1 atom stereocenters. The maximum atomic E-state index is 4.49. The Labute approximate surface area is 121 Å². The number of aromatic nitrogens is 2. The molecule has 3 heteroatoms. The molecule has 106 valence electrons. The molecule has 0 saturated heterocycles. The summed E-state index contributed by atoms with van der Waals surface area (Å²) in [6, 6.07) is 6.62. The third-order valence-electron chi connectivity index (χ3n) is 3.52. The van der Waals surface area contributed by atoms with Crippen molar-refractivity contribution in [1.29, 1.82) is 0 Å². The van der Waals surface area contributed by atoms with Crippen LogP contribution in [0.2, 0.25) is 0 Å². The van der Waals surface area contributed by atoms with Crippen molar-refractivity contribution in [2.75, 3.05) is 6.54 Å². The van der Waals surface area contributed by atoms with E-state index in [0.29, 0.717) is 0 Å². The number of aryl methyl sites for hydroxylation is 3. The molecule has 0 bridgehead atoms. The monoisotopic (exact) mass is 269 g/mol. The van der Waals surface area contributed by atoms with Crippen molar-refractivity contribution in [3.8, 4) is 0 Å². The molecular formula is C17H23N3. The zero-order valence-electron chi connectivity index (χ0n) is 12.8. The Hall–Kier alpha value is -1.74. The maximum absolute atomic E-state index is 4.49. The largest absolute Gasteiger partial charge is 0.304 e. The van der Waals surface area contributed by atoms with Crippen molar-refractivity contribution >= 4 is 0 Å². The molecule has 1 heterocycles. The molecule has 0 aliphatic heterocycles. The van der Waals surface area contributed by atoms with Crippen LogP contribution in [0.4, 0.5) is 0 Å². The van der Waals surface area contributed by atoms with Crippen LogP contribution in [0.15, 0.2) is 30.6 Å². The van der Waals surface area contributed by atoms with E-state index in [2.05, 4.69) is 54.3 Å². The SMILES string of the molecule is CCCNC(c1ccc(C)c(C)c1)c1ncc(C)cn1. The molecule has 3 nitrogen and oxygen atoms in total. The van der Waals surface area contributed by atoms with Gasteiger partial charge in [0.25, 0.3) is 0 Å². The molecule has 0 fully saturated rings. The van der Waals surface area contributed by atoms with Gasteiger partial charge in [-0.3, -0.25) is 0 Å². The summed E-state index contributed by atoms with van der Waals surface area (Å²) >= 11 is 0. The van der Waals surface area contributed by atoms with Gasteiger partial charge in [-0.15, -0.1) is 0 Å². The highest BCUT2D eigenvalue weighted by molar-refractivity contribution is 5.34. The van der Waals surface area contributed by atoms with Gasteiger partial charge in [-0.05, 0) is 56.0 Å². The van der Waals surface area contributed by atoms with Gasteiger partial charge in [-0.2, -0.15) is 0 Å². The Bertz CT molecular complexity index is 561. The predicted octanol–water partition coefficient (Wildman–Crippen LogP) is 3.49. The minimum Gasteiger partial charge on any atom is -0.304 e. The summed E-state index contributed by atoms with van der Waals surface area (Å²) in [5.41, 5.74) is 4.93. The van der Waals surface area contributed by atoms with E-state index in [1.165, 1.54) is 16.7 Å². The quantitative estimate of drug-likeness (QED) is 0.903. The van der Waals surface area contributed by atoms with E-state index < -0.39 is 0 Å². The first-order chi connectivity index (χ1) is 9.61. The number of nitrogens with zero attached hydrogens (tertiary/aromatic N) is 2. The first-order valence-corrected chi connectivity index (χ1v) is 7.21. The molecule has 1 unspecified atom stereocenters. The first kappa shape index (κ1) is 14.7. The van der Waals surface area contributed by atoms with Gasteiger partial charge in [-0.1, -0.05) is 25.1 Å². The Morgan fingerprint density at radius 3 is 2.35 bits per heavy atom. The first-order valence-electron chi connectivity index (χ1n) is 7.21. The molecular weight excluding hydrogens is 246 g/mol. The Kier molecular flexibility index (Phi) is 4.85. The molecule has 0 aliphatic carbocycles. The van der Waals surface area contributed by atoms with E-state index in [4.69, 9.17) is 0 Å². The lowest BCUT2D eigenvalue weighted by molar-refractivity contribution is 0.571. The number of nitrogens with one attached hydrogen (secondary N) is 1. The summed E-state index contributed by atoms with van der Waals surface area (Å²) in [6.07, 6.45) is 4.85. The van der Waals surface area contributed by atoms with Crippen molar-refractivity contribution in [1.82, 2.24) is 15.3 Å². The fraction of sp³-hybridized carbons (Fsp3) is 0.412. The lowest BCUT2D eigenvalue weighted by atomic mass is 10.0. The summed E-state index contributed by atoms with van der Waals surface area (Å²) in [6.45, 7) is 9.41. The van der Waals surface area contributed by atoms with Gasteiger partial charge in [0.1, 0.15) is 5.82 Å². The smallest absolute Gasteiger partial charge is 0.149 e. The topological polar surface area (TPSA) is 37.8 Å². The second kappa shape index (κ2) is 6.62. The minimum atomic E-state index is 0.0647. The zero-order chi connectivity index (χ0) is 14.5. The van der Waals surface area contributed by atoms with Crippen LogP contribution in [0.3, 0.4) is 0 Å². The Morgan fingerprint density at radius 1 is 1.05 bits per heavy atom. The van der Waals surface area contributed by atoms with E-state index in [1.54, 1.807) is 0 Å². The number of hydrogen-bond acceptors (Lipinski definition) is 3. The fourth-order valence-electron chi connectivity index (χ4n) is 2.14. The van der Waals surface area contributed by atoms with Crippen LogP contribution in [-0.4, -0.2) is 16.5 Å². The van der Waals surface area contributed by atoms with Crippen LogP contribution in [0.1, 0.15) is 47.5 Å². The van der Waals surface area contributed by atoms with Crippen LogP contribution < -0.4 is 5.32 Å². The van der Waals surface area contributed by atoms with Gasteiger partial charge in [-0.25, -0.2) is 9.97 Å². The molecule has 1 aromatic carbocycles. The standard InChI is InChI=1S/C17H23N3/c1-5-8-18-16(17-19-10-12(2)11-20-17)15-7-6-13(3)14(4)9-15/h6-7,9-11,16,18H,5,8H2,1-4H3. The van der Waals surface area contributed by atoms with Crippen LogP contribution >= 0.6 is 0 Å². The molecule has 0 amide bonds. The van der Waals surface area contributed by atoms with Crippen LogP contribution in [0.25, 0.3) is 0 Å². The minimum absolute atomic E-state index is 0.0647. The second-order valence-corrected chi connectivity index (χ2v) is 5.35.